The molecule has 1 aliphatic rings. The first-order chi connectivity index (χ1) is 11.4. The van der Waals surface area contributed by atoms with Crippen LogP contribution in [0.1, 0.15) is 5.69 Å². The number of nitrogens with one attached hydrogen (secondary N) is 1. The molecule has 11 heteroatoms. The highest BCUT2D eigenvalue weighted by atomic mass is 16.2. The van der Waals surface area contributed by atoms with Gasteiger partial charge in [0.15, 0.2) is 5.84 Å². The number of pyridine rings is 1. The maximum absolute atomic E-state index is 11.7. The lowest BCUT2D eigenvalue weighted by Crippen LogP contribution is -2.55. The molecule has 0 bridgehead atoms. The number of hydrogen-bond acceptors (Lipinski definition) is 7. The fraction of sp³-hybridized carbons (Fsp3) is 0.308. The minimum absolute atomic E-state index is 0.289. The number of urea groups is 1. The van der Waals surface area contributed by atoms with Gasteiger partial charge in [0.25, 0.3) is 5.82 Å². The van der Waals surface area contributed by atoms with Crippen LogP contribution < -0.4 is 15.8 Å². The number of hydrazine groups is 1. The smallest absolute Gasteiger partial charge is 0.275 e. The number of aryl methyl sites for hydroxylation is 2. The average molecular weight is 330 g/mol. The Morgan fingerprint density at radius 1 is 1.12 bits per heavy atom. The molecule has 0 aliphatic carbocycles. The molecule has 3 heterocycles. The van der Waals surface area contributed by atoms with Crippen molar-refractivity contribution in [1.82, 2.24) is 35.3 Å². The Hall–Kier alpha value is -3.37. The summed E-state index contributed by atoms with van der Waals surface area (Å²) in [6.45, 7) is 0. The Balaban J connectivity index is 2.03. The molecule has 0 radical (unpaired) electrons. The van der Waals surface area contributed by atoms with Crippen molar-refractivity contribution in [3.63, 3.8) is 0 Å². The first-order valence-electron chi connectivity index (χ1n) is 7.03. The maximum Gasteiger partial charge on any atom is 0.539 e. The molecule has 1 aliphatic heterocycles. The molecule has 24 heavy (non-hydrogen) atoms. The van der Waals surface area contributed by atoms with Crippen LogP contribution in [0.25, 0.3) is 11.5 Å². The number of carbonyl (C=O) groups is 1. The number of hydrazone groups is 1. The van der Waals surface area contributed by atoms with Crippen molar-refractivity contribution >= 4 is 11.9 Å². The minimum atomic E-state index is -0.338. The standard InChI is InChI=1S/C13H16N9O2/c1-19-12(23)20(2)16-10(15-19)8-6-5-7-9(14-8)11-17-21(3)13(24)22(4)18-11/h5-7H,1-4H3,(H,15,16)/q+1. The van der Waals surface area contributed by atoms with Crippen LogP contribution in [0.15, 0.2) is 28.1 Å². The molecule has 0 unspecified atom stereocenters. The molecule has 2 amide bonds. The zero-order valence-corrected chi connectivity index (χ0v) is 13.6. The van der Waals surface area contributed by atoms with Crippen LogP contribution in [0.3, 0.4) is 0 Å². The molecule has 0 saturated heterocycles. The Morgan fingerprint density at radius 3 is 2.50 bits per heavy atom. The van der Waals surface area contributed by atoms with Crippen LogP contribution in [0.5, 0.6) is 0 Å². The van der Waals surface area contributed by atoms with Gasteiger partial charge in [-0.1, -0.05) is 25.6 Å². The lowest BCUT2D eigenvalue weighted by molar-refractivity contribution is -0.749. The third-order valence-corrected chi connectivity index (χ3v) is 3.35. The molecular formula is C13H16N9O2+. The monoisotopic (exact) mass is 330 g/mol. The van der Waals surface area contributed by atoms with Crippen molar-refractivity contribution < 1.29 is 9.48 Å². The predicted molar refractivity (Wildman–Crippen MR) is 82.3 cm³/mol. The largest absolute Gasteiger partial charge is 0.539 e. The second kappa shape index (κ2) is 5.68. The topological polar surface area (TPSA) is 112 Å². The predicted octanol–water partition coefficient (Wildman–Crippen LogP) is -1.77. The molecule has 11 nitrogen and oxygen atoms in total. The van der Waals surface area contributed by atoms with E-state index in [4.69, 9.17) is 0 Å². The quantitative estimate of drug-likeness (QED) is 0.652. The average Bonchev–Trinajstić information content (AvgIpc) is 2.56. The number of nitrogens with zero attached hydrogens (tertiary/aromatic N) is 8. The number of amides is 2. The first kappa shape index (κ1) is 15.5. The van der Waals surface area contributed by atoms with Crippen molar-refractivity contribution in [2.24, 2.45) is 19.2 Å². The van der Waals surface area contributed by atoms with Gasteiger partial charge in [-0.15, -0.1) is 5.10 Å². The van der Waals surface area contributed by atoms with E-state index in [0.29, 0.717) is 23.0 Å². The first-order valence-corrected chi connectivity index (χ1v) is 7.03. The summed E-state index contributed by atoms with van der Waals surface area (Å²) in [5, 5.41) is 14.9. The van der Waals surface area contributed by atoms with E-state index in [9.17, 15) is 9.59 Å². The highest BCUT2D eigenvalue weighted by molar-refractivity contribution is 6.00. The van der Waals surface area contributed by atoms with E-state index in [1.807, 2.05) is 0 Å². The zero-order valence-electron chi connectivity index (χ0n) is 13.6. The molecule has 2 aromatic heterocycles. The Morgan fingerprint density at radius 2 is 1.83 bits per heavy atom. The van der Waals surface area contributed by atoms with E-state index >= 15 is 0 Å². The number of rotatable bonds is 2. The third-order valence-electron chi connectivity index (χ3n) is 3.35. The molecule has 1 N–H and O–H groups in total. The normalized spacial score (nSPS) is 14.5. The van der Waals surface area contributed by atoms with Gasteiger partial charge >= 0.3 is 11.7 Å². The van der Waals surface area contributed by atoms with Gasteiger partial charge in [0.2, 0.25) is 0 Å². The molecule has 3 rings (SSSR count). The van der Waals surface area contributed by atoms with Crippen LogP contribution in [0, 0.1) is 0 Å². The highest BCUT2D eigenvalue weighted by Crippen LogP contribution is 2.12. The summed E-state index contributed by atoms with van der Waals surface area (Å²) in [5.41, 5.74) is 3.50. The molecular weight excluding hydrogens is 314 g/mol. The molecule has 0 spiro atoms. The van der Waals surface area contributed by atoms with Crippen molar-refractivity contribution in [2.45, 2.75) is 0 Å². The fourth-order valence-corrected chi connectivity index (χ4v) is 2.14. The van der Waals surface area contributed by atoms with Crippen molar-refractivity contribution in [2.75, 3.05) is 14.1 Å². The van der Waals surface area contributed by atoms with Gasteiger partial charge in [-0.05, 0) is 12.1 Å². The van der Waals surface area contributed by atoms with Gasteiger partial charge in [-0.2, -0.15) is 4.79 Å². The van der Waals surface area contributed by atoms with Gasteiger partial charge in [0.1, 0.15) is 25.5 Å². The maximum atomic E-state index is 11.7. The molecule has 0 atom stereocenters. The Labute approximate surface area is 136 Å². The summed E-state index contributed by atoms with van der Waals surface area (Å²) >= 11 is 0. The van der Waals surface area contributed by atoms with E-state index in [-0.39, 0.29) is 11.7 Å². The summed E-state index contributed by atoms with van der Waals surface area (Å²) in [6, 6.07) is 4.95. The number of hydrogen-bond donors (Lipinski definition) is 1. The van der Waals surface area contributed by atoms with Crippen LogP contribution in [-0.2, 0) is 14.1 Å². The number of carbonyl (C=O) groups excluding carboxylic acids is 1. The summed E-state index contributed by atoms with van der Waals surface area (Å²) in [6.07, 6.45) is 0. The van der Waals surface area contributed by atoms with E-state index in [1.165, 1.54) is 19.4 Å². The Kier molecular flexibility index (Phi) is 3.67. The lowest BCUT2D eigenvalue weighted by Gasteiger charge is -2.28. The summed E-state index contributed by atoms with van der Waals surface area (Å²) < 4.78 is 2.38. The summed E-state index contributed by atoms with van der Waals surface area (Å²) in [4.78, 5) is 27.8. The summed E-state index contributed by atoms with van der Waals surface area (Å²) in [5.74, 6) is 0.714. The molecule has 0 saturated carbocycles. The lowest BCUT2D eigenvalue weighted by atomic mass is 10.2. The SMILES string of the molecule is CN1N=C(c2cccc(-c3nn(C)c(=O)[n+](C)n3)n2)NN(C)C1=O. The van der Waals surface area contributed by atoms with Gasteiger partial charge in [0, 0.05) is 14.1 Å². The van der Waals surface area contributed by atoms with Crippen molar-refractivity contribution in [1.29, 1.82) is 0 Å². The third kappa shape index (κ3) is 2.66. The fourth-order valence-electron chi connectivity index (χ4n) is 2.14. The van der Waals surface area contributed by atoms with E-state index in [2.05, 4.69) is 25.7 Å². The summed E-state index contributed by atoms with van der Waals surface area (Å²) in [7, 11) is 6.23. The Bertz CT molecular complexity index is 878. The van der Waals surface area contributed by atoms with Crippen molar-refractivity contribution in [3.8, 4) is 11.5 Å². The van der Waals surface area contributed by atoms with Crippen LogP contribution in [0.4, 0.5) is 4.79 Å². The van der Waals surface area contributed by atoms with Crippen LogP contribution in [-0.4, -0.2) is 55.8 Å². The van der Waals surface area contributed by atoms with E-state index < -0.39 is 0 Å². The zero-order chi connectivity index (χ0) is 17.4. The van der Waals surface area contributed by atoms with Gasteiger partial charge < -0.3 is 0 Å². The minimum Gasteiger partial charge on any atom is -0.275 e. The van der Waals surface area contributed by atoms with Crippen molar-refractivity contribution in [3.05, 3.63) is 34.4 Å². The second-order valence-electron chi connectivity index (χ2n) is 5.19. The molecule has 0 fully saturated rings. The molecule has 0 aromatic carbocycles. The van der Waals surface area contributed by atoms with E-state index in [0.717, 1.165) is 0 Å². The molecule has 124 valence electrons. The van der Waals surface area contributed by atoms with Gasteiger partial charge in [-0.25, -0.2) is 19.8 Å². The second-order valence-corrected chi connectivity index (χ2v) is 5.19. The van der Waals surface area contributed by atoms with Crippen LogP contribution >= 0.6 is 0 Å². The van der Waals surface area contributed by atoms with Crippen LogP contribution in [0.2, 0.25) is 0 Å². The van der Waals surface area contributed by atoms with Gasteiger partial charge in [-0.3, -0.25) is 5.43 Å². The van der Waals surface area contributed by atoms with Gasteiger partial charge in [0.05, 0.1) is 0 Å². The number of aromatic nitrogens is 5. The highest BCUT2D eigenvalue weighted by Gasteiger charge is 2.23. The number of amidine groups is 1. The molecule has 2 aromatic rings. The van der Waals surface area contributed by atoms with E-state index in [1.54, 1.807) is 46.4 Å².